The summed E-state index contributed by atoms with van der Waals surface area (Å²) in [6.07, 6.45) is 0.982. The van der Waals surface area contributed by atoms with Gasteiger partial charge in [0.05, 0.1) is 16.6 Å². The number of imidazole rings is 1. The Labute approximate surface area is 170 Å². The first-order valence-corrected chi connectivity index (χ1v) is 9.77. The molecule has 0 unspecified atom stereocenters. The largest absolute Gasteiger partial charge is 0.351 e. The van der Waals surface area contributed by atoms with E-state index in [4.69, 9.17) is 0 Å². The minimum atomic E-state index is -0.499. The topological polar surface area (TPSA) is 76.0 Å². The number of hydrogen-bond acceptors (Lipinski definition) is 3. The van der Waals surface area contributed by atoms with Crippen molar-refractivity contribution < 1.29 is 14.0 Å². The van der Waals surface area contributed by atoms with Gasteiger partial charge in [-0.3, -0.25) is 14.9 Å². The Balaban J connectivity index is 1.60. The van der Waals surface area contributed by atoms with E-state index in [0.29, 0.717) is 10.4 Å². The summed E-state index contributed by atoms with van der Waals surface area (Å²) in [7, 11) is 0. The van der Waals surface area contributed by atoms with Gasteiger partial charge in [0, 0.05) is 24.0 Å². The van der Waals surface area contributed by atoms with Crippen LogP contribution in [0.15, 0.2) is 46.9 Å². The minimum Gasteiger partial charge on any atom is -0.351 e. The number of para-hydroxylation sites is 2. The van der Waals surface area contributed by atoms with Crippen molar-refractivity contribution in [1.82, 2.24) is 14.9 Å². The van der Waals surface area contributed by atoms with E-state index in [9.17, 15) is 14.0 Å². The second-order valence-electron chi connectivity index (χ2n) is 6.25. The summed E-state index contributed by atoms with van der Waals surface area (Å²) in [6.45, 7) is 2.92. The highest BCUT2D eigenvalue weighted by atomic mass is 79.9. The fourth-order valence-electron chi connectivity index (χ4n) is 2.86. The number of aromatic nitrogens is 2. The molecule has 0 radical (unpaired) electrons. The van der Waals surface area contributed by atoms with Crippen molar-refractivity contribution in [3.8, 4) is 0 Å². The molecule has 8 heteroatoms. The standard InChI is InChI=1S/C20H20BrFN4O2/c1-2-11-26-17-6-4-3-5-16(17)24-20(26)25-18(27)9-10-23-19(28)14-12-13(22)7-8-15(14)21/h3-8,12H,2,9-11H2,1H3,(H,23,28)(H,24,25,27). The molecule has 1 heterocycles. The number of rotatable bonds is 7. The van der Waals surface area contributed by atoms with Crippen LogP contribution in [0.1, 0.15) is 30.1 Å². The molecular formula is C20H20BrFN4O2. The quantitative estimate of drug-likeness (QED) is 0.573. The molecule has 0 aliphatic carbocycles. The first kappa shape index (κ1) is 20.0. The molecule has 2 aromatic carbocycles. The lowest BCUT2D eigenvalue weighted by Crippen LogP contribution is -2.28. The molecule has 0 saturated carbocycles. The molecule has 6 nitrogen and oxygen atoms in total. The number of aryl methyl sites for hydroxylation is 1. The van der Waals surface area contributed by atoms with Gasteiger partial charge in [-0.25, -0.2) is 9.37 Å². The number of carbonyl (C=O) groups is 2. The Bertz CT molecular complexity index is 1020. The Kier molecular flexibility index (Phi) is 6.41. The molecule has 0 saturated heterocycles. The van der Waals surface area contributed by atoms with Crippen LogP contribution in [0, 0.1) is 5.82 Å². The summed E-state index contributed by atoms with van der Waals surface area (Å²) in [6, 6.07) is 11.6. The Morgan fingerprint density at radius 1 is 1.21 bits per heavy atom. The maximum absolute atomic E-state index is 13.3. The number of carbonyl (C=O) groups excluding carboxylic acids is 2. The zero-order valence-electron chi connectivity index (χ0n) is 15.3. The van der Waals surface area contributed by atoms with Gasteiger partial charge in [0.25, 0.3) is 5.91 Å². The number of nitrogens with one attached hydrogen (secondary N) is 2. The van der Waals surface area contributed by atoms with Crippen LogP contribution >= 0.6 is 15.9 Å². The summed E-state index contributed by atoms with van der Waals surface area (Å²) in [5, 5.41) is 5.44. The monoisotopic (exact) mass is 446 g/mol. The molecule has 0 atom stereocenters. The van der Waals surface area contributed by atoms with Crippen molar-refractivity contribution >= 4 is 44.7 Å². The van der Waals surface area contributed by atoms with Crippen LogP contribution in [0.25, 0.3) is 11.0 Å². The molecule has 146 valence electrons. The van der Waals surface area contributed by atoms with Crippen molar-refractivity contribution in [3.05, 3.63) is 58.3 Å². The molecular weight excluding hydrogens is 427 g/mol. The summed E-state index contributed by atoms with van der Waals surface area (Å²) < 4.78 is 15.8. The molecule has 0 bridgehead atoms. The first-order valence-electron chi connectivity index (χ1n) is 8.98. The van der Waals surface area contributed by atoms with Crippen molar-refractivity contribution in [2.75, 3.05) is 11.9 Å². The van der Waals surface area contributed by atoms with Gasteiger partial charge in [0.2, 0.25) is 11.9 Å². The van der Waals surface area contributed by atoms with E-state index in [1.807, 2.05) is 28.8 Å². The third-order valence-corrected chi connectivity index (χ3v) is 4.86. The Hall–Kier alpha value is -2.74. The predicted octanol–water partition coefficient (Wildman–Crippen LogP) is 4.11. The second kappa shape index (κ2) is 8.97. The van der Waals surface area contributed by atoms with Gasteiger partial charge in [-0.05, 0) is 52.7 Å². The number of halogens is 2. The molecule has 28 heavy (non-hydrogen) atoms. The van der Waals surface area contributed by atoms with Crippen LogP contribution in [-0.2, 0) is 11.3 Å². The molecule has 0 fully saturated rings. The normalized spacial score (nSPS) is 10.8. The highest BCUT2D eigenvalue weighted by Gasteiger charge is 2.14. The van der Waals surface area contributed by atoms with E-state index in [-0.39, 0.29) is 24.4 Å². The highest BCUT2D eigenvalue weighted by molar-refractivity contribution is 9.10. The van der Waals surface area contributed by atoms with Crippen LogP contribution in [0.3, 0.4) is 0 Å². The van der Waals surface area contributed by atoms with Gasteiger partial charge < -0.3 is 9.88 Å². The fraction of sp³-hybridized carbons (Fsp3) is 0.250. The number of fused-ring (bicyclic) bond motifs is 1. The van der Waals surface area contributed by atoms with Crippen LogP contribution in [0.4, 0.5) is 10.3 Å². The third-order valence-electron chi connectivity index (χ3n) is 4.16. The van der Waals surface area contributed by atoms with Crippen molar-refractivity contribution in [3.63, 3.8) is 0 Å². The maximum atomic E-state index is 13.3. The molecule has 0 spiro atoms. The SMILES string of the molecule is CCCn1c(NC(=O)CCNC(=O)c2cc(F)ccc2Br)nc2ccccc21. The van der Waals surface area contributed by atoms with E-state index in [0.717, 1.165) is 30.1 Å². The Morgan fingerprint density at radius 3 is 2.79 bits per heavy atom. The first-order chi connectivity index (χ1) is 13.5. The average molecular weight is 447 g/mol. The number of amides is 2. The predicted molar refractivity (Wildman–Crippen MR) is 110 cm³/mol. The lowest BCUT2D eigenvalue weighted by atomic mass is 10.2. The van der Waals surface area contributed by atoms with Gasteiger partial charge in [0.15, 0.2) is 0 Å². The van der Waals surface area contributed by atoms with Crippen molar-refractivity contribution in [2.24, 2.45) is 0 Å². The Morgan fingerprint density at radius 2 is 2.00 bits per heavy atom. The fourth-order valence-corrected chi connectivity index (χ4v) is 3.29. The molecule has 3 rings (SSSR count). The van der Waals surface area contributed by atoms with Crippen molar-refractivity contribution in [2.45, 2.75) is 26.3 Å². The van der Waals surface area contributed by atoms with Gasteiger partial charge in [0.1, 0.15) is 5.82 Å². The summed E-state index contributed by atoms with van der Waals surface area (Å²) in [5.41, 5.74) is 1.96. The van der Waals surface area contributed by atoms with E-state index < -0.39 is 11.7 Å². The average Bonchev–Trinajstić information content (AvgIpc) is 3.01. The number of benzene rings is 2. The van der Waals surface area contributed by atoms with Gasteiger partial charge in [-0.2, -0.15) is 0 Å². The second-order valence-corrected chi connectivity index (χ2v) is 7.11. The summed E-state index contributed by atoms with van der Waals surface area (Å²) in [4.78, 5) is 28.9. The minimum absolute atomic E-state index is 0.0774. The molecule has 1 aromatic heterocycles. The van der Waals surface area contributed by atoms with Crippen LogP contribution in [0.2, 0.25) is 0 Å². The summed E-state index contributed by atoms with van der Waals surface area (Å²) in [5.74, 6) is -0.711. The van der Waals surface area contributed by atoms with E-state index in [2.05, 4.69) is 38.5 Å². The zero-order chi connectivity index (χ0) is 20.1. The smallest absolute Gasteiger partial charge is 0.252 e. The van der Waals surface area contributed by atoms with Crippen molar-refractivity contribution in [1.29, 1.82) is 0 Å². The van der Waals surface area contributed by atoms with Gasteiger partial charge in [-0.1, -0.05) is 19.1 Å². The van der Waals surface area contributed by atoms with Crippen LogP contribution in [0.5, 0.6) is 0 Å². The highest BCUT2D eigenvalue weighted by Crippen LogP contribution is 2.20. The van der Waals surface area contributed by atoms with Gasteiger partial charge >= 0.3 is 0 Å². The van der Waals surface area contributed by atoms with E-state index in [1.54, 1.807) is 0 Å². The molecule has 3 aromatic rings. The molecule has 2 N–H and O–H groups in total. The molecule has 0 aliphatic rings. The van der Waals surface area contributed by atoms with E-state index in [1.165, 1.54) is 12.1 Å². The number of anilines is 1. The maximum Gasteiger partial charge on any atom is 0.252 e. The molecule has 0 aliphatic heterocycles. The van der Waals surface area contributed by atoms with Gasteiger partial charge in [-0.15, -0.1) is 0 Å². The number of nitrogens with zero attached hydrogens (tertiary/aromatic N) is 2. The molecule has 2 amide bonds. The van der Waals surface area contributed by atoms with E-state index >= 15 is 0 Å². The lowest BCUT2D eigenvalue weighted by Gasteiger charge is -2.10. The summed E-state index contributed by atoms with van der Waals surface area (Å²) >= 11 is 3.22. The van der Waals surface area contributed by atoms with Crippen LogP contribution < -0.4 is 10.6 Å². The lowest BCUT2D eigenvalue weighted by molar-refractivity contribution is -0.116. The zero-order valence-corrected chi connectivity index (χ0v) is 16.9. The van der Waals surface area contributed by atoms with Crippen LogP contribution in [-0.4, -0.2) is 27.9 Å². The third kappa shape index (κ3) is 4.56. The number of hydrogen-bond donors (Lipinski definition) is 2.